The maximum atomic E-state index is 12.1. The number of aryl methyl sites for hydroxylation is 1. The highest BCUT2D eigenvalue weighted by Crippen LogP contribution is 2.34. The Bertz CT molecular complexity index is 457. The van der Waals surface area contributed by atoms with Crippen molar-refractivity contribution < 1.29 is 4.79 Å². The van der Waals surface area contributed by atoms with E-state index in [1.54, 1.807) is 0 Å². The van der Waals surface area contributed by atoms with Gasteiger partial charge in [0.1, 0.15) is 0 Å². The van der Waals surface area contributed by atoms with Crippen molar-refractivity contribution >= 4 is 18.3 Å². The van der Waals surface area contributed by atoms with Crippen molar-refractivity contribution in [2.45, 2.75) is 43.7 Å². The molecule has 18 heavy (non-hydrogen) atoms. The highest BCUT2D eigenvalue weighted by molar-refractivity contribution is 5.87. The zero-order valence-corrected chi connectivity index (χ0v) is 11.1. The summed E-state index contributed by atoms with van der Waals surface area (Å²) in [5.74, 6) is 0.0328. The summed E-state index contributed by atoms with van der Waals surface area (Å²) in [6.45, 7) is 0. The molecule has 3 N–H and O–H groups in total. The number of fused-ring (bicyclic) bond motifs is 1. The van der Waals surface area contributed by atoms with Crippen LogP contribution in [0.5, 0.6) is 0 Å². The molecule has 1 amide bonds. The first-order valence-electron chi connectivity index (χ1n) is 6.37. The molecule has 1 fully saturated rings. The Morgan fingerprint density at radius 2 is 2.06 bits per heavy atom. The molecule has 0 saturated heterocycles. The fourth-order valence-electron chi connectivity index (χ4n) is 2.79. The zero-order valence-electron chi connectivity index (χ0n) is 10.3. The fraction of sp³-hybridized carbons (Fsp3) is 0.500. The summed E-state index contributed by atoms with van der Waals surface area (Å²) in [7, 11) is 0. The monoisotopic (exact) mass is 266 g/mol. The van der Waals surface area contributed by atoms with E-state index in [4.69, 9.17) is 5.73 Å². The molecular formula is C14H19ClN2O. The van der Waals surface area contributed by atoms with Crippen LogP contribution in [0.2, 0.25) is 0 Å². The first-order chi connectivity index (χ1) is 8.19. The Hall–Kier alpha value is -1.06. The van der Waals surface area contributed by atoms with Crippen LogP contribution in [-0.2, 0) is 11.2 Å². The van der Waals surface area contributed by atoms with Crippen molar-refractivity contribution in [3.63, 3.8) is 0 Å². The smallest absolute Gasteiger partial charge is 0.240 e. The molecule has 1 unspecified atom stereocenters. The first kappa shape index (κ1) is 13.4. The summed E-state index contributed by atoms with van der Waals surface area (Å²) < 4.78 is 0. The fourth-order valence-corrected chi connectivity index (χ4v) is 2.79. The SMILES string of the molecule is Cl.NC1(C(=O)NC2CCc3ccccc32)CCC1. The van der Waals surface area contributed by atoms with Crippen LogP contribution >= 0.6 is 12.4 Å². The number of amides is 1. The van der Waals surface area contributed by atoms with Gasteiger partial charge in [-0.05, 0) is 43.2 Å². The third kappa shape index (κ3) is 2.13. The third-order valence-electron chi connectivity index (χ3n) is 4.14. The van der Waals surface area contributed by atoms with E-state index in [-0.39, 0.29) is 24.4 Å². The topological polar surface area (TPSA) is 55.1 Å². The lowest BCUT2D eigenvalue weighted by atomic mass is 9.77. The molecule has 98 valence electrons. The van der Waals surface area contributed by atoms with Gasteiger partial charge in [-0.2, -0.15) is 0 Å². The van der Waals surface area contributed by atoms with Gasteiger partial charge in [0.2, 0.25) is 5.91 Å². The molecule has 1 aromatic carbocycles. The Balaban J connectivity index is 0.00000120. The summed E-state index contributed by atoms with van der Waals surface area (Å²) in [5, 5.41) is 3.11. The van der Waals surface area contributed by atoms with Crippen LogP contribution in [0.3, 0.4) is 0 Å². The first-order valence-corrected chi connectivity index (χ1v) is 6.37. The van der Waals surface area contributed by atoms with E-state index >= 15 is 0 Å². The number of halogens is 1. The van der Waals surface area contributed by atoms with Crippen molar-refractivity contribution in [3.05, 3.63) is 35.4 Å². The lowest BCUT2D eigenvalue weighted by molar-refractivity contribution is -0.130. The van der Waals surface area contributed by atoms with Gasteiger partial charge < -0.3 is 11.1 Å². The highest BCUT2D eigenvalue weighted by atomic mass is 35.5. The van der Waals surface area contributed by atoms with Gasteiger partial charge in [0, 0.05) is 0 Å². The largest absolute Gasteiger partial charge is 0.348 e. The third-order valence-corrected chi connectivity index (χ3v) is 4.14. The zero-order chi connectivity index (χ0) is 11.9. The van der Waals surface area contributed by atoms with Crippen LogP contribution in [0, 0.1) is 0 Å². The average molecular weight is 267 g/mol. The van der Waals surface area contributed by atoms with Gasteiger partial charge in [-0.1, -0.05) is 24.3 Å². The van der Waals surface area contributed by atoms with Gasteiger partial charge in [0.15, 0.2) is 0 Å². The van der Waals surface area contributed by atoms with Gasteiger partial charge in [-0.3, -0.25) is 4.79 Å². The van der Waals surface area contributed by atoms with Gasteiger partial charge in [-0.25, -0.2) is 0 Å². The van der Waals surface area contributed by atoms with E-state index in [1.165, 1.54) is 11.1 Å². The van der Waals surface area contributed by atoms with Gasteiger partial charge in [-0.15, -0.1) is 12.4 Å². The Morgan fingerprint density at radius 1 is 1.33 bits per heavy atom. The summed E-state index contributed by atoms with van der Waals surface area (Å²) in [6, 6.07) is 8.50. The molecule has 1 atom stereocenters. The quantitative estimate of drug-likeness (QED) is 0.861. The molecule has 3 rings (SSSR count). The van der Waals surface area contributed by atoms with E-state index in [0.29, 0.717) is 0 Å². The Labute approximate surface area is 114 Å². The van der Waals surface area contributed by atoms with Crippen molar-refractivity contribution in [3.8, 4) is 0 Å². The number of rotatable bonds is 2. The van der Waals surface area contributed by atoms with Crippen molar-refractivity contribution in [2.24, 2.45) is 5.73 Å². The number of nitrogens with one attached hydrogen (secondary N) is 1. The average Bonchev–Trinajstić information content (AvgIpc) is 2.70. The molecule has 0 aliphatic heterocycles. The Kier molecular flexibility index (Phi) is 3.64. The van der Waals surface area contributed by atoms with Crippen molar-refractivity contribution in [2.75, 3.05) is 0 Å². The maximum absolute atomic E-state index is 12.1. The van der Waals surface area contributed by atoms with Gasteiger partial charge in [0.25, 0.3) is 0 Å². The van der Waals surface area contributed by atoms with Gasteiger partial charge >= 0.3 is 0 Å². The number of benzene rings is 1. The number of carbonyl (C=O) groups is 1. The number of hydrogen-bond acceptors (Lipinski definition) is 2. The predicted octanol–water partition coefficient (Wildman–Crippen LogP) is 2.09. The van der Waals surface area contributed by atoms with Crippen LogP contribution in [0.4, 0.5) is 0 Å². The van der Waals surface area contributed by atoms with Crippen molar-refractivity contribution in [1.82, 2.24) is 5.32 Å². The van der Waals surface area contributed by atoms with E-state index in [9.17, 15) is 4.79 Å². The molecule has 0 aromatic heterocycles. The van der Waals surface area contributed by atoms with E-state index in [2.05, 4.69) is 23.5 Å². The second-order valence-corrected chi connectivity index (χ2v) is 5.27. The maximum Gasteiger partial charge on any atom is 0.240 e. The summed E-state index contributed by atoms with van der Waals surface area (Å²) >= 11 is 0. The minimum atomic E-state index is -0.586. The molecule has 2 aliphatic rings. The summed E-state index contributed by atoms with van der Waals surface area (Å²) in [6.07, 6.45) is 4.78. The lowest BCUT2D eigenvalue weighted by Gasteiger charge is -2.37. The van der Waals surface area contributed by atoms with E-state index in [1.807, 2.05) is 6.07 Å². The van der Waals surface area contributed by atoms with E-state index in [0.717, 1.165) is 32.1 Å². The predicted molar refractivity (Wildman–Crippen MR) is 73.7 cm³/mol. The number of carbonyl (C=O) groups excluding carboxylic acids is 1. The highest BCUT2D eigenvalue weighted by Gasteiger charge is 2.41. The number of nitrogens with two attached hydrogens (primary N) is 1. The molecule has 0 bridgehead atoms. The van der Waals surface area contributed by atoms with Crippen LogP contribution in [0.15, 0.2) is 24.3 Å². The molecule has 0 heterocycles. The molecule has 4 heteroatoms. The summed E-state index contributed by atoms with van der Waals surface area (Å²) in [4.78, 5) is 12.1. The molecule has 1 saturated carbocycles. The normalized spacial score (nSPS) is 23.5. The van der Waals surface area contributed by atoms with Crippen molar-refractivity contribution in [1.29, 1.82) is 0 Å². The lowest BCUT2D eigenvalue weighted by Crippen LogP contribution is -2.58. The van der Waals surface area contributed by atoms with Crippen LogP contribution in [0.1, 0.15) is 42.9 Å². The summed E-state index contributed by atoms with van der Waals surface area (Å²) in [5.41, 5.74) is 8.07. The minimum Gasteiger partial charge on any atom is -0.348 e. The molecule has 0 spiro atoms. The molecule has 2 aliphatic carbocycles. The van der Waals surface area contributed by atoms with E-state index < -0.39 is 5.54 Å². The Morgan fingerprint density at radius 3 is 2.72 bits per heavy atom. The second-order valence-electron chi connectivity index (χ2n) is 5.27. The molecule has 0 radical (unpaired) electrons. The van der Waals surface area contributed by atoms with Gasteiger partial charge in [0.05, 0.1) is 11.6 Å². The second kappa shape index (κ2) is 4.90. The van der Waals surface area contributed by atoms with Crippen LogP contribution in [0.25, 0.3) is 0 Å². The van der Waals surface area contributed by atoms with Crippen LogP contribution in [-0.4, -0.2) is 11.4 Å². The molecular weight excluding hydrogens is 248 g/mol. The van der Waals surface area contributed by atoms with Crippen LogP contribution < -0.4 is 11.1 Å². The molecule has 3 nitrogen and oxygen atoms in total. The number of hydrogen-bond donors (Lipinski definition) is 2. The minimum absolute atomic E-state index is 0. The standard InChI is InChI=1S/C14H18N2O.ClH/c15-14(8-3-9-14)13(17)16-12-7-6-10-4-1-2-5-11(10)12;/h1-2,4-5,12H,3,6-9,15H2,(H,16,17);1H. The molecule has 1 aromatic rings.